The monoisotopic (exact) mass is 256 g/mol. The molecule has 1 heterocycles. The Bertz CT molecular complexity index is 438. The van der Waals surface area contributed by atoms with Crippen molar-refractivity contribution >= 4 is 29.4 Å². The fraction of sp³-hybridized carbons (Fsp3) is 0.333. The molecule has 0 aliphatic carbocycles. The van der Waals surface area contributed by atoms with Crippen LogP contribution in [0.15, 0.2) is 6.07 Å². The lowest BCUT2D eigenvalue weighted by atomic mass is 10.4. The molecule has 1 aromatic heterocycles. The van der Waals surface area contributed by atoms with Crippen molar-refractivity contribution in [3.8, 4) is 5.88 Å². The SMILES string of the molecule is COC(=O)NC(=S)Nc1nc(C)cc(OC)n1. The largest absolute Gasteiger partial charge is 0.481 e. The van der Waals surface area contributed by atoms with Gasteiger partial charge in [-0.15, -0.1) is 0 Å². The Hall–Kier alpha value is -1.96. The molecule has 0 radical (unpaired) electrons. The number of methoxy groups -OCH3 is 2. The average Bonchev–Trinajstić information content (AvgIpc) is 2.27. The van der Waals surface area contributed by atoms with Gasteiger partial charge in [-0.3, -0.25) is 5.32 Å². The molecule has 92 valence electrons. The molecule has 0 atom stereocenters. The van der Waals surface area contributed by atoms with E-state index in [0.29, 0.717) is 11.6 Å². The maximum absolute atomic E-state index is 10.9. The van der Waals surface area contributed by atoms with E-state index in [2.05, 4.69) is 25.3 Å². The lowest BCUT2D eigenvalue weighted by Crippen LogP contribution is -2.34. The fourth-order valence-corrected chi connectivity index (χ4v) is 1.15. The number of carbonyl (C=O) groups excluding carboxylic acids is 1. The van der Waals surface area contributed by atoms with Crippen molar-refractivity contribution in [2.24, 2.45) is 0 Å². The molecule has 1 rings (SSSR count). The number of alkyl carbamates (subject to hydrolysis) is 1. The zero-order valence-electron chi connectivity index (χ0n) is 9.60. The highest BCUT2D eigenvalue weighted by Crippen LogP contribution is 2.10. The van der Waals surface area contributed by atoms with E-state index in [-0.39, 0.29) is 11.1 Å². The van der Waals surface area contributed by atoms with Crippen LogP contribution in [0.2, 0.25) is 0 Å². The number of thiocarbonyl (C=S) groups is 1. The third-order valence-corrected chi connectivity index (χ3v) is 1.87. The van der Waals surface area contributed by atoms with Crippen LogP contribution >= 0.6 is 12.2 Å². The second-order valence-corrected chi connectivity index (χ2v) is 3.35. The topological polar surface area (TPSA) is 85.4 Å². The van der Waals surface area contributed by atoms with Crippen molar-refractivity contribution in [1.82, 2.24) is 15.3 Å². The van der Waals surface area contributed by atoms with Gasteiger partial charge in [0.05, 0.1) is 14.2 Å². The molecule has 0 unspecified atom stereocenters. The van der Waals surface area contributed by atoms with Crippen molar-refractivity contribution in [1.29, 1.82) is 0 Å². The first kappa shape index (κ1) is 13.1. The van der Waals surface area contributed by atoms with Crippen LogP contribution in [0.25, 0.3) is 0 Å². The molecule has 0 bridgehead atoms. The Kier molecular flexibility index (Phi) is 4.58. The molecular weight excluding hydrogens is 244 g/mol. The second-order valence-electron chi connectivity index (χ2n) is 2.95. The van der Waals surface area contributed by atoms with Crippen molar-refractivity contribution < 1.29 is 14.3 Å². The number of nitrogens with one attached hydrogen (secondary N) is 2. The molecule has 2 N–H and O–H groups in total. The predicted molar refractivity (Wildman–Crippen MR) is 65.1 cm³/mol. The van der Waals surface area contributed by atoms with Gasteiger partial charge in [0.15, 0.2) is 5.11 Å². The van der Waals surface area contributed by atoms with E-state index in [0.717, 1.165) is 0 Å². The number of aromatic nitrogens is 2. The summed E-state index contributed by atoms with van der Waals surface area (Å²) in [6, 6.07) is 1.67. The van der Waals surface area contributed by atoms with E-state index in [4.69, 9.17) is 17.0 Å². The summed E-state index contributed by atoms with van der Waals surface area (Å²) in [6.45, 7) is 1.78. The van der Waals surface area contributed by atoms with E-state index in [9.17, 15) is 4.79 Å². The van der Waals surface area contributed by atoms with Crippen molar-refractivity contribution in [3.63, 3.8) is 0 Å². The third-order valence-electron chi connectivity index (χ3n) is 1.67. The van der Waals surface area contributed by atoms with Crippen molar-refractivity contribution in [3.05, 3.63) is 11.8 Å². The second kappa shape index (κ2) is 5.94. The number of carbonyl (C=O) groups is 1. The van der Waals surface area contributed by atoms with Crippen LogP contribution in [0.5, 0.6) is 5.88 Å². The van der Waals surface area contributed by atoms with Gasteiger partial charge in [-0.25, -0.2) is 9.78 Å². The maximum atomic E-state index is 10.9. The van der Waals surface area contributed by atoms with Crippen LogP contribution in [-0.2, 0) is 4.74 Å². The first-order chi connectivity index (χ1) is 8.05. The number of hydrogen-bond acceptors (Lipinski definition) is 6. The average molecular weight is 256 g/mol. The summed E-state index contributed by atoms with van der Waals surface area (Å²) in [6.07, 6.45) is -0.665. The molecule has 17 heavy (non-hydrogen) atoms. The number of aryl methyl sites for hydroxylation is 1. The van der Waals surface area contributed by atoms with E-state index in [1.807, 2.05) is 0 Å². The highest BCUT2D eigenvalue weighted by atomic mass is 32.1. The zero-order valence-corrected chi connectivity index (χ0v) is 10.4. The molecule has 0 spiro atoms. The summed E-state index contributed by atoms with van der Waals surface area (Å²) in [7, 11) is 2.74. The van der Waals surface area contributed by atoms with Crippen LogP contribution in [0.1, 0.15) is 5.69 Å². The van der Waals surface area contributed by atoms with Crippen molar-refractivity contribution in [2.75, 3.05) is 19.5 Å². The normalized spacial score (nSPS) is 9.35. The van der Waals surface area contributed by atoms with Crippen LogP contribution in [0, 0.1) is 6.92 Å². The van der Waals surface area contributed by atoms with E-state index < -0.39 is 6.09 Å². The van der Waals surface area contributed by atoms with Gasteiger partial charge in [0.25, 0.3) is 0 Å². The van der Waals surface area contributed by atoms with Gasteiger partial charge in [-0.1, -0.05) is 0 Å². The number of rotatable bonds is 2. The predicted octanol–water partition coefficient (Wildman–Crippen LogP) is 0.846. The smallest absolute Gasteiger partial charge is 0.413 e. The number of anilines is 1. The molecule has 0 saturated carbocycles. The third kappa shape index (κ3) is 4.19. The van der Waals surface area contributed by atoms with Gasteiger partial charge in [0, 0.05) is 11.8 Å². The van der Waals surface area contributed by atoms with Gasteiger partial charge in [0.1, 0.15) is 0 Å². The first-order valence-electron chi connectivity index (χ1n) is 4.60. The number of ether oxygens (including phenoxy) is 2. The Morgan fingerprint density at radius 2 is 2.12 bits per heavy atom. The van der Waals surface area contributed by atoms with Gasteiger partial charge in [0.2, 0.25) is 11.8 Å². The maximum Gasteiger partial charge on any atom is 0.413 e. The standard InChI is InChI=1S/C9H12N4O3S/c1-5-4-6(15-2)11-7(10-5)12-8(17)13-9(14)16-3/h4H,1-3H3,(H2,10,11,12,13,14,17). The summed E-state index contributed by atoms with van der Waals surface area (Å²) in [5.41, 5.74) is 0.709. The summed E-state index contributed by atoms with van der Waals surface area (Å²) >= 11 is 4.86. The minimum Gasteiger partial charge on any atom is -0.481 e. The lowest BCUT2D eigenvalue weighted by Gasteiger charge is -2.08. The fourth-order valence-electron chi connectivity index (χ4n) is 0.977. The quantitative estimate of drug-likeness (QED) is 0.758. The van der Waals surface area contributed by atoms with E-state index in [1.54, 1.807) is 13.0 Å². The number of nitrogens with zero attached hydrogens (tertiary/aromatic N) is 2. The first-order valence-corrected chi connectivity index (χ1v) is 5.01. The highest BCUT2D eigenvalue weighted by Gasteiger charge is 2.07. The molecule has 0 fully saturated rings. The molecule has 1 aromatic rings. The van der Waals surface area contributed by atoms with E-state index >= 15 is 0 Å². The van der Waals surface area contributed by atoms with Gasteiger partial charge in [-0.05, 0) is 19.1 Å². The van der Waals surface area contributed by atoms with Crippen LogP contribution in [0.3, 0.4) is 0 Å². The lowest BCUT2D eigenvalue weighted by molar-refractivity contribution is 0.177. The molecule has 0 aliphatic rings. The van der Waals surface area contributed by atoms with Crippen LogP contribution < -0.4 is 15.4 Å². The van der Waals surface area contributed by atoms with Crippen molar-refractivity contribution in [2.45, 2.75) is 6.92 Å². The molecular formula is C9H12N4O3S. The molecule has 7 nitrogen and oxygen atoms in total. The van der Waals surface area contributed by atoms with Crippen LogP contribution in [0.4, 0.5) is 10.7 Å². The van der Waals surface area contributed by atoms with Gasteiger partial charge in [-0.2, -0.15) is 4.98 Å². The number of hydrogen-bond donors (Lipinski definition) is 2. The summed E-state index contributed by atoms with van der Waals surface area (Å²) in [5.74, 6) is 0.643. The van der Waals surface area contributed by atoms with E-state index in [1.165, 1.54) is 14.2 Å². The summed E-state index contributed by atoms with van der Waals surface area (Å²) in [5, 5.41) is 4.96. The number of amides is 1. The minimum absolute atomic E-state index is 0.0458. The molecule has 8 heteroatoms. The minimum atomic E-state index is -0.665. The molecule has 1 amide bonds. The van der Waals surface area contributed by atoms with Gasteiger partial charge < -0.3 is 14.8 Å². The molecule has 0 aliphatic heterocycles. The summed E-state index contributed by atoms with van der Waals surface area (Å²) in [4.78, 5) is 19.0. The van der Waals surface area contributed by atoms with Gasteiger partial charge >= 0.3 is 6.09 Å². The Balaban J connectivity index is 2.71. The van der Waals surface area contributed by atoms with Crippen LogP contribution in [-0.4, -0.2) is 35.4 Å². The Morgan fingerprint density at radius 3 is 2.71 bits per heavy atom. The summed E-state index contributed by atoms with van der Waals surface area (Å²) < 4.78 is 9.36. The zero-order chi connectivity index (χ0) is 12.8. The molecule has 0 aromatic carbocycles. The Labute approximate surface area is 104 Å². The highest BCUT2D eigenvalue weighted by molar-refractivity contribution is 7.80. The Morgan fingerprint density at radius 1 is 1.41 bits per heavy atom. The molecule has 0 saturated heterocycles.